The van der Waals surface area contributed by atoms with E-state index in [1.54, 1.807) is 0 Å². The van der Waals surface area contributed by atoms with Gasteiger partial charge in [-0.3, -0.25) is 4.98 Å². The van der Waals surface area contributed by atoms with E-state index in [1.165, 1.54) is 5.75 Å². The fourth-order valence-corrected chi connectivity index (χ4v) is 2.51. The number of thioether (sulfide) groups is 1. The maximum absolute atomic E-state index is 5.78. The van der Waals surface area contributed by atoms with Crippen LogP contribution < -0.4 is 11.1 Å². The zero-order valence-electron chi connectivity index (χ0n) is 10.8. The third kappa shape index (κ3) is 3.07. The van der Waals surface area contributed by atoms with Crippen molar-refractivity contribution in [3.63, 3.8) is 0 Å². The van der Waals surface area contributed by atoms with Gasteiger partial charge in [-0.25, -0.2) is 0 Å². The average molecular weight is 261 g/mol. The summed E-state index contributed by atoms with van der Waals surface area (Å²) in [5.41, 5.74) is 8.60. The highest BCUT2D eigenvalue weighted by Gasteiger charge is 2.05. The molecule has 0 aliphatic rings. The Morgan fingerprint density at radius 1 is 1.39 bits per heavy atom. The molecule has 0 saturated heterocycles. The number of pyridine rings is 1. The molecule has 1 atom stereocenters. The molecule has 96 valence electrons. The van der Waals surface area contributed by atoms with Crippen LogP contribution in [0.25, 0.3) is 10.9 Å². The molecule has 0 aliphatic carbocycles. The van der Waals surface area contributed by atoms with E-state index >= 15 is 0 Å². The van der Waals surface area contributed by atoms with Crippen molar-refractivity contribution in [1.82, 2.24) is 4.98 Å². The first-order valence-corrected chi connectivity index (χ1v) is 7.50. The molecule has 0 radical (unpaired) electrons. The number of nitrogens with one attached hydrogen (secondary N) is 1. The molecule has 2 aromatic rings. The minimum atomic E-state index is 0.459. The SMILES string of the molecule is CSCCC(C)Nc1ccnc2cc(N)ccc12. The second-order valence-electron chi connectivity index (χ2n) is 4.46. The summed E-state index contributed by atoms with van der Waals surface area (Å²) in [6.07, 6.45) is 5.11. The number of nitrogens with two attached hydrogens (primary N) is 1. The molecule has 2 rings (SSSR count). The Labute approximate surface area is 112 Å². The van der Waals surface area contributed by atoms with E-state index in [4.69, 9.17) is 5.73 Å². The fourth-order valence-electron chi connectivity index (χ4n) is 1.92. The van der Waals surface area contributed by atoms with Gasteiger partial charge in [0.25, 0.3) is 0 Å². The van der Waals surface area contributed by atoms with Crippen LogP contribution in [0.1, 0.15) is 13.3 Å². The number of rotatable bonds is 5. The molecule has 4 heteroatoms. The van der Waals surface area contributed by atoms with Gasteiger partial charge < -0.3 is 11.1 Å². The summed E-state index contributed by atoms with van der Waals surface area (Å²) < 4.78 is 0. The lowest BCUT2D eigenvalue weighted by molar-refractivity contribution is 0.773. The van der Waals surface area contributed by atoms with Crippen LogP contribution in [0.4, 0.5) is 11.4 Å². The van der Waals surface area contributed by atoms with E-state index < -0.39 is 0 Å². The summed E-state index contributed by atoms with van der Waals surface area (Å²) >= 11 is 1.88. The zero-order valence-corrected chi connectivity index (χ0v) is 11.6. The molecular formula is C14H19N3S. The van der Waals surface area contributed by atoms with Gasteiger partial charge in [0, 0.05) is 29.0 Å². The summed E-state index contributed by atoms with van der Waals surface area (Å²) in [6, 6.07) is 8.34. The van der Waals surface area contributed by atoms with Crippen molar-refractivity contribution >= 4 is 34.0 Å². The molecule has 18 heavy (non-hydrogen) atoms. The van der Waals surface area contributed by atoms with Crippen molar-refractivity contribution in [2.24, 2.45) is 0 Å². The van der Waals surface area contributed by atoms with Crippen LogP contribution in [0.2, 0.25) is 0 Å². The summed E-state index contributed by atoms with van der Waals surface area (Å²) in [7, 11) is 0. The summed E-state index contributed by atoms with van der Waals surface area (Å²) in [5.74, 6) is 1.17. The predicted octanol–water partition coefficient (Wildman–Crippen LogP) is 3.37. The molecule has 3 N–H and O–H groups in total. The molecule has 0 spiro atoms. The molecule has 0 bridgehead atoms. The van der Waals surface area contributed by atoms with Gasteiger partial charge in [-0.15, -0.1) is 0 Å². The first-order valence-electron chi connectivity index (χ1n) is 6.10. The van der Waals surface area contributed by atoms with Crippen molar-refractivity contribution in [1.29, 1.82) is 0 Å². The second-order valence-corrected chi connectivity index (χ2v) is 5.45. The van der Waals surface area contributed by atoms with E-state index in [1.807, 2.05) is 42.2 Å². The van der Waals surface area contributed by atoms with Gasteiger partial charge in [0.05, 0.1) is 5.52 Å². The number of hydrogen-bond acceptors (Lipinski definition) is 4. The summed E-state index contributed by atoms with van der Waals surface area (Å²) in [5, 5.41) is 4.67. The van der Waals surface area contributed by atoms with Gasteiger partial charge in [0.15, 0.2) is 0 Å². The van der Waals surface area contributed by atoms with Gasteiger partial charge in [0.1, 0.15) is 0 Å². The first-order chi connectivity index (χ1) is 8.70. The van der Waals surface area contributed by atoms with E-state index in [2.05, 4.69) is 23.5 Å². The van der Waals surface area contributed by atoms with Crippen molar-refractivity contribution in [3.05, 3.63) is 30.5 Å². The molecule has 0 aliphatic heterocycles. The zero-order chi connectivity index (χ0) is 13.0. The van der Waals surface area contributed by atoms with Crippen LogP contribution in [0.5, 0.6) is 0 Å². The molecule has 1 heterocycles. The molecule has 1 aromatic carbocycles. The number of nitrogen functional groups attached to an aromatic ring is 1. The highest BCUT2D eigenvalue weighted by Crippen LogP contribution is 2.24. The Balaban J connectivity index is 2.22. The Bertz CT molecular complexity index is 527. The smallest absolute Gasteiger partial charge is 0.0743 e. The maximum Gasteiger partial charge on any atom is 0.0743 e. The molecule has 3 nitrogen and oxygen atoms in total. The van der Waals surface area contributed by atoms with E-state index in [0.29, 0.717) is 6.04 Å². The van der Waals surface area contributed by atoms with Crippen molar-refractivity contribution < 1.29 is 0 Å². The lowest BCUT2D eigenvalue weighted by atomic mass is 10.1. The number of nitrogens with zero attached hydrogens (tertiary/aromatic N) is 1. The fraction of sp³-hybridized carbons (Fsp3) is 0.357. The van der Waals surface area contributed by atoms with Crippen LogP contribution in [0.3, 0.4) is 0 Å². The molecule has 0 saturated carbocycles. The van der Waals surface area contributed by atoms with E-state index in [-0.39, 0.29) is 0 Å². The average Bonchev–Trinajstić information content (AvgIpc) is 2.36. The Morgan fingerprint density at radius 3 is 3.00 bits per heavy atom. The molecule has 0 fully saturated rings. The van der Waals surface area contributed by atoms with Gasteiger partial charge in [-0.05, 0) is 49.6 Å². The minimum absolute atomic E-state index is 0.459. The summed E-state index contributed by atoms with van der Waals surface area (Å²) in [6.45, 7) is 2.21. The van der Waals surface area contributed by atoms with Crippen molar-refractivity contribution in [3.8, 4) is 0 Å². The lowest BCUT2D eigenvalue weighted by Gasteiger charge is -2.16. The lowest BCUT2D eigenvalue weighted by Crippen LogP contribution is -2.16. The van der Waals surface area contributed by atoms with Gasteiger partial charge in [0.2, 0.25) is 0 Å². The van der Waals surface area contributed by atoms with Gasteiger partial charge in [-0.1, -0.05) is 0 Å². The number of anilines is 2. The minimum Gasteiger partial charge on any atom is -0.399 e. The van der Waals surface area contributed by atoms with E-state index in [0.717, 1.165) is 28.7 Å². The summed E-state index contributed by atoms with van der Waals surface area (Å²) in [4.78, 5) is 4.35. The van der Waals surface area contributed by atoms with Crippen LogP contribution in [-0.4, -0.2) is 23.0 Å². The van der Waals surface area contributed by atoms with Gasteiger partial charge >= 0.3 is 0 Å². The Morgan fingerprint density at radius 2 is 2.22 bits per heavy atom. The highest BCUT2D eigenvalue weighted by atomic mass is 32.2. The van der Waals surface area contributed by atoms with Crippen LogP contribution in [0, 0.1) is 0 Å². The normalized spacial score (nSPS) is 12.6. The van der Waals surface area contributed by atoms with Crippen LogP contribution in [-0.2, 0) is 0 Å². The molecule has 1 unspecified atom stereocenters. The Hall–Kier alpha value is -1.42. The second kappa shape index (κ2) is 5.96. The monoisotopic (exact) mass is 261 g/mol. The Kier molecular flexibility index (Phi) is 4.31. The van der Waals surface area contributed by atoms with Gasteiger partial charge in [-0.2, -0.15) is 11.8 Å². The van der Waals surface area contributed by atoms with E-state index in [9.17, 15) is 0 Å². The highest BCUT2D eigenvalue weighted by molar-refractivity contribution is 7.98. The number of hydrogen-bond donors (Lipinski definition) is 2. The topological polar surface area (TPSA) is 50.9 Å². The van der Waals surface area contributed by atoms with Crippen molar-refractivity contribution in [2.45, 2.75) is 19.4 Å². The third-order valence-electron chi connectivity index (χ3n) is 2.92. The number of aromatic nitrogens is 1. The molecule has 0 amide bonds. The number of fused-ring (bicyclic) bond motifs is 1. The maximum atomic E-state index is 5.78. The van der Waals surface area contributed by atoms with Crippen LogP contribution in [0.15, 0.2) is 30.5 Å². The third-order valence-corrected chi connectivity index (χ3v) is 3.57. The predicted molar refractivity (Wildman–Crippen MR) is 82.2 cm³/mol. The first kappa shape index (κ1) is 13.0. The quantitative estimate of drug-likeness (QED) is 0.810. The standard InChI is InChI=1S/C14H19N3S/c1-10(6-8-18-2)17-13-5-7-16-14-9-11(15)3-4-12(13)14/h3-5,7,9-10H,6,8,15H2,1-2H3,(H,16,17). The molecule has 1 aromatic heterocycles. The largest absolute Gasteiger partial charge is 0.399 e. The van der Waals surface area contributed by atoms with Crippen LogP contribution >= 0.6 is 11.8 Å². The van der Waals surface area contributed by atoms with Crippen molar-refractivity contribution in [2.75, 3.05) is 23.1 Å². The number of benzene rings is 1. The molecular weight excluding hydrogens is 242 g/mol.